The first-order valence-electron chi connectivity index (χ1n) is 7.73. The molecule has 0 bridgehead atoms. The maximum absolute atomic E-state index is 13.1. The maximum atomic E-state index is 13.1. The van der Waals surface area contributed by atoms with E-state index in [-0.39, 0.29) is 17.4 Å². The van der Waals surface area contributed by atoms with Gasteiger partial charge >= 0.3 is 0 Å². The SMILES string of the molecule is O=C1COc2ccc(S(=O)(=O)N3CCCc4ccccc43)cc2N1. The minimum absolute atomic E-state index is 0.0569. The van der Waals surface area contributed by atoms with Crippen LogP contribution in [-0.2, 0) is 21.2 Å². The number of amides is 1. The van der Waals surface area contributed by atoms with Crippen LogP contribution in [0.1, 0.15) is 12.0 Å². The van der Waals surface area contributed by atoms with Crippen molar-refractivity contribution < 1.29 is 17.9 Å². The van der Waals surface area contributed by atoms with Crippen LogP contribution < -0.4 is 14.4 Å². The van der Waals surface area contributed by atoms with Gasteiger partial charge in [0.15, 0.2) is 6.61 Å². The van der Waals surface area contributed by atoms with E-state index >= 15 is 0 Å². The predicted molar refractivity (Wildman–Crippen MR) is 89.9 cm³/mol. The number of nitrogens with one attached hydrogen (secondary N) is 1. The summed E-state index contributed by atoms with van der Waals surface area (Å²) in [6, 6.07) is 12.1. The molecule has 2 aromatic carbocycles. The van der Waals surface area contributed by atoms with E-state index in [0.717, 1.165) is 24.1 Å². The van der Waals surface area contributed by atoms with Crippen LogP contribution in [-0.4, -0.2) is 27.5 Å². The van der Waals surface area contributed by atoms with E-state index in [9.17, 15) is 13.2 Å². The van der Waals surface area contributed by atoms with Crippen LogP contribution in [0.2, 0.25) is 0 Å². The Morgan fingerprint density at radius 1 is 1.12 bits per heavy atom. The molecule has 7 heteroatoms. The van der Waals surface area contributed by atoms with Gasteiger partial charge in [0.05, 0.1) is 16.3 Å². The number of aryl methyl sites for hydroxylation is 1. The van der Waals surface area contributed by atoms with Gasteiger partial charge in [-0.1, -0.05) is 18.2 Å². The number of hydrogen-bond donors (Lipinski definition) is 1. The van der Waals surface area contributed by atoms with Gasteiger partial charge in [-0.2, -0.15) is 0 Å². The average molecular weight is 344 g/mol. The van der Waals surface area contributed by atoms with E-state index in [1.54, 1.807) is 6.07 Å². The molecule has 0 aliphatic carbocycles. The molecule has 0 saturated carbocycles. The normalized spacial score (nSPS) is 16.7. The number of hydrogen-bond acceptors (Lipinski definition) is 4. The molecule has 4 rings (SSSR count). The highest BCUT2D eigenvalue weighted by atomic mass is 32.2. The zero-order valence-corrected chi connectivity index (χ0v) is 13.7. The lowest BCUT2D eigenvalue weighted by Crippen LogP contribution is -2.35. The highest BCUT2D eigenvalue weighted by Gasteiger charge is 2.30. The summed E-state index contributed by atoms with van der Waals surface area (Å²) in [6.45, 7) is 0.387. The molecule has 0 aromatic heterocycles. The molecule has 0 radical (unpaired) electrons. The molecule has 2 aliphatic rings. The van der Waals surface area contributed by atoms with E-state index in [1.165, 1.54) is 16.4 Å². The van der Waals surface area contributed by atoms with Crippen molar-refractivity contribution in [3.8, 4) is 5.75 Å². The summed E-state index contributed by atoms with van der Waals surface area (Å²) in [4.78, 5) is 11.6. The third-order valence-electron chi connectivity index (χ3n) is 4.24. The number of ether oxygens (including phenoxy) is 1. The first-order chi connectivity index (χ1) is 11.6. The van der Waals surface area contributed by atoms with Gasteiger partial charge in [-0.3, -0.25) is 9.10 Å². The lowest BCUT2D eigenvalue weighted by Gasteiger charge is -2.30. The summed E-state index contributed by atoms with van der Waals surface area (Å²) in [5.41, 5.74) is 2.14. The van der Waals surface area contributed by atoms with Crippen molar-refractivity contribution in [2.75, 3.05) is 22.8 Å². The van der Waals surface area contributed by atoms with Crippen molar-refractivity contribution in [2.45, 2.75) is 17.7 Å². The van der Waals surface area contributed by atoms with Gasteiger partial charge in [-0.25, -0.2) is 8.42 Å². The molecule has 124 valence electrons. The van der Waals surface area contributed by atoms with Crippen molar-refractivity contribution in [3.63, 3.8) is 0 Å². The number of fused-ring (bicyclic) bond motifs is 2. The molecule has 24 heavy (non-hydrogen) atoms. The molecular weight excluding hydrogens is 328 g/mol. The van der Waals surface area contributed by atoms with Crippen molar-refractivity contribution in [1.29, 1.82) is 0 Å². The van der Waals surface area contributed by atoms with Gasteiger partial charge in [-0.05, 0) is 42.7 Å². The molecule has 2 aliphatic heterocycles. The second kappa shape index (κ2) is 5.52. The van der Waals surface area contributed by atoms with Crippen molar-refractivity contribution in [1.82, 2.24) is 0 Å². The summed E-state index contributed by atoms with van der Waals surface area (Å²) in [5.74, 6) is 0.188. The van der Waals surface area contributed by atoms with Gasteiger partial charge in [-0.15, -0.1) is 0 Å². The second-order valence-electron chi connectivity index (χ2n) is 5.80. The Morgan fingerprint density at radius 3 is 2.83 bits per heavy atom. The Balaban J connectivity index is 1.77. The molecule has 1 N–H and O–H groups in total. The number of nitrogens with zero attached hydrogens (tertiary/aromatic N) is 1. The minimum atomic E-state index is -3.70. The van der Waals surface area contributed by atoms with E-state index in [2.05, 4.69) is 5.32 Å². The fourth-order valence-electron chi connectivity index (χ4n) is 3.10. The first-order valence-corrected chi connectivity index (χ1v) is 9.17. The number of para-hydroxylation sites is 1. The van der Waals surface area contributed by atoms with Crippen LogP contribution in [0.3, 0.4) is 0 Å². The third kappa shape index (κ3) is 2.41. The number of benzene rings is 2. The van der Waals surface area contributed by atoms with Gasteiger partial charge in [0, 0.05) is 6.54 Å². The topological polar surface area (TPSA) is 75.7 Å². The van der Waals surface area contributed by atoms with Crippen LogP contribution in [0.5, 0.6) is 5.75 Å². The van der Waals surface area contributed by atoms with Crippen LogP contribution in [0.15, 0.2) is 47.4 Å². The van der Waals surface area contributed by atoms with E-state index in [1.807, 2.05) is 24.3 Å². The van der Waals surface area contributed by atoms with Crippen LogP contribution in [0.25, 0.3) is 0 Å². The summed E-state index contributed by atoms with van der Waals surface area (Å²) in [6.07, 6.45) is 1.65. The maximum Gasteiger partial charge on any atom is 0.264 e. The molecule has 0 fully saturated rings. The van der Waals surface area contributed by atoms with Gasteiger partial charge in [0.25, 0.3) is 15.9 Å². The third-order valence-corrected chi connectivity index (χ3v) is 6.05. The minimum Gasteiger partial charge on any atom is -0.482 e. The molecule has 0 spiro atoms. The molecular formula is C17H16N2O4S. The average Bonchev–Trinajstić information content (AvgIpc) is 2.60. The molecule has 2 aromatic rings. The molecule has 0 saturated heterocycles. The van der Waals surface area contributed by atoms with Crippen LogP contribution >= 0.6 is 0 Å². The molecule has 0 atom stereocenters. The smallest absolute Gasteiger partial charge is 0.264 e. The van der Waals surface area contributed by atoms with Crippen LogP contribution in [0, 0.1) is 0 Å². The van der Waals surface area contributed by atoms with E-state index in [0.29, 0.717) is 18.0 Å². The number of anilines is 2. The Hall–Kier alpha value is -2.54. The second-order valence-corrected chi connectivity index (χ2v) is 7.67. The van der Waals surface area contributed by atoms with Crippen molar-refractivity contribution in [2.24, 2.45) is 0 Å². The number of rotatable bonds is 2. The lowest BCUT2D eigenvalue weighted by atomic mass is 10.0. The Kier molecular flexibility index (Phi) is 3.45. The summed E-state index contributed by atoms with van der Waals surface area (Å²) in [5, 5.41) is 2.65. The Morgan fingerprint density at radius 2 is 1.96 bits per heavy atom. The van der Waals surface area contributed by atoms with Crippen molar-refractivity contribution >= 4 is 27.3 Å². The monoisotopic (exact) mass is 344 g/mol. The summed E-state index contributed by atoms with van der Waals surface area (Å²) >= 11 is 0. The number of carbonyl (C=O) groups is 1. The fraction of sp³-hybridized carbons (Fsp3) is 0.235. The van der Waals surface area contributed by atoms with Gasteiger partial charge in [0.1, 0.15) is 5.75 Å². The molecule has 0 unspecified atom stereocenters. The Bertz CT molecular complexity index is 924. The molecule has 2 heterocycles. The molecule has 6 nitrogen and oxygen atoms in total. The summed E-state index contributed by atoms with van der Waals surface area (Å²) in [7, 11) is -3.70. The number of carbonyl (C=O) groups excluding carboxylic acids is 1. The number of sulfonamides is 1. The Labute approximate surface area is 140 Å². The first kappa shape index (κ1) is 15.0. The lowest BCUT2D eigenvalue weighted by molar-refractivity contribution is -0.118. The van der Waals surface area contributed by atoms with Crippen molar-refractivity contribution in [3.05, 3.63) is 48.0 Å². The predicted octanol–water partition coefficient (Wildman–Crippen LogP) is 2.16. The fourth-order valence-corrected chi connectivity index (χ4v) is 4.67. The van der Waals surface area contributed by atoms with E-state index in [4.69, 9.17) is 4.74 Å². The molecule has 1 amide bonds. The zero-order valence-electron chi connectivity index (χ0n) is 12.9. The standard InChI is InChI=1S/C17H16N2O4S/c20-17-11-23-16-8-7-13(10-14(16)18-17)24(21,22)19-9-3-5-12-4-1-2-6-15(12)19/h1-2,4,6-8,10H,3,5,9,11H2,(H,18,20). The zero-order chi connectivity index (χ0) is 16.7. The summed E-state index contributed by atoms with van der Waals surface area (Å²) < 4.78 is 32.9. The van der Waals surface area contributed by atoms with E-state index < -0.39 is 10.0 Å². The van der Waals surface area contributed by atoms with Gasteiger partial charge in [0.2, 0.25) is 0 Å². The highest BCUT2D eigenvalue weighted by Crippen LogP contribution is 2.35. The van der Waals surface area contributed by atoms with Crippen LogP contribution in [0.4, 0.5) is 11.4 Å². The largest absolute Gasteiger partial charge is 0.482 e. The van der Waals surface area contributed by atoms with Gasteiger partial charge < -0.3 is 10.1 Å². The highest BCUT2D eigenvalue weighted by molar-refractivity contribution is 7.92. The quantitative estimate of drug-likeness (QED) is 0.906.